The van der Waals surface area contributed by atoms with Crippen LogP contribution in [0.15, 0.2) is 43.0 Å². The zero-order valence-electron chi connectivity index (χ0n) is 24.1. The molecular formula is C32H36FN7O2. The summed E-state index contributed by atoms with van der Waals surface area (Å²) in [5.74, 6) is -1.08. The Morgan fingerprint density at radius 3 is 2.79 bits per heavy atom. The number of hydrogen-bond acceptors (Lipinski definition) is 7. The monoisotopic (exact) mass is 569 g/mol. The number of likely N-dealkylation sites (N-methyl/N-ethyl adjacent to an activating group) is 1. The van der Waals surface area contributed by atoms with Gasteiger partial charge in [-0.25, -0.2) is 11.0 Å². The molecule has 2 atom stereocenters. The first-order valence-electron chi connectivity index (χ1n) is 14.8. The first-order chi connectivity index (χ1) is 20.4. The van der Waals surface area contributed by atoms with Gasteiger partial charge in [-0.1, -0.05) is 12.6 Å². The molecule has 0 unspecified atom stereocenters. The number of aromatic nitrogens is 3. The Morgan fingerprint density at radius 1 is 1.14 bits per heavy atom. The van der Waals surface area contributed by atoms with Gasteiger partial charge in [0.25, 0.3) is 5.91 Å². The molecule has 1 aliphatic carbocycles. The van der Waals surface area contributed by atoms with Crippen molar-refractivity contribution in [3.63, 3.8) is 0 Å². The van der Waals surface area contributed by atoms with E-state index in [1.165, 1.54) is 28.9 Å². The van der Waals surface area contributed by atoms with Crippen molar-refractivity contribution in [3.8, 4) is 17.1 Å². The van der Waals surface area contributed by atoms with Crippen LogP contribution in [0.2, 0.25) is 0 Å². The van der Waals surface area contributed by atoms with Gasteiger partial charge in [0.1, 0.15) is 18.5 Å². The Morgan fingerprint density at radius 2 is 2.00 bits per heavy atom. The van der Waals surface area contributed by atoms with Crippen LogP contribution in [-0.2, 0) is 17.6 Å². The van der Waals surface area contributed by atoms with Crippen LogP contribution >= 0.6 is 0 Å². The van der Waals surface area contributed by atoms with Crippen LogP contribution in [0.1, 0.15) is 36.8 Å². The highest BCUT2D eigenvalue weighted by Crippen LogP contribution is 2.35. The fourth-order valence-corrected chi connectivity index (χ4v) is 6.57. The number of likely N-dealkylation sites (tertiary alicyclic amines) is 1. The summed E-state index contributed by atoms with van der Waals surface area (Å²) in [4.78, 5) is 36.1. The number of anilines is 1. The number of nitrogens with zero attached hydrogens (tertiary/aromatic N) is 7. The van der Waals surface area contributed by atoms with E-state index >= 15 is 0 Å². The SMILES string of the molecule is [C-]#[N+]C[C@H]1CN(c2nc(OC[C@@H]3CCCN3C)nc3cc(-c4cncc5c4CCCC5)ccc23)CCN1C(=O)C(=C)F. The Hall–Kier alpha value is -4.10. The van der Waals surface area contributed by atoms with Crippen LogP contribution < -0.4 is 9.64 Å². The lowest BCUT2D eigenvalue weighted by Gasteiger charge is -2.39. The van der Waals surface area contributed by atoms with Crippen molar-refractivity contribution in [2.75, 3.05) is 51.3 Å². The Labute approximate surface area is 245 Å². The van der Waals surface area contributed by atoms with E-state index in [0.29, 0.717) is 37.6 Å². The van der Waals surface area contributed by atoms with E-state index in [0.717, 1.165) is 54.3 Å². The second kappa shape index (κ2) is 12.0. The molecule has 42 heavy (non-hydrogen) atoms. The van der Waals surface area contributed by atoms with E-state index in [9.17, 15) is 9.18 Å². The Bertz CT molecular complexity index is 1550. The number of amides is 1. The van der Waals surface area contributed by atoms with Crippen LogP contribution in [-0.4, -0.2) is 89.1 Å². The highest BCUT2D eigenvalue weighted by Gasteiger charge is 2.35. The molecule has 4 heterocycles. The largest absolute Gasteiger partial charge is 0.462 e. The zero-order chi connectivity index (χ0) is 29.2. The maximum Gasteiger partial charge on any atom is 0.319 e. The number of rotatable bonds is 7. The molecule has 1 aromatic carbocycles. The van der Waals surface area contributed by atoms with Crippen molar-refractivity contribution in [2.45, 2.75) is 50.6 Å². The fraction of sp³-hybridized carbons (Fsp3) is 0.469. The van der Waals surface area contributed by atoms with E-state index in [4.69, 9.17) is 21.3 Å². The first kappa shape index (κ1) is 28.0. The quantitative estimate of drug-likeness (QED) is 0.307. The van der Waals surface area contributed by atoms with Crippen LogP contribution in [0.3, 0.4) is 0 Å². The molecule has 3 aromatic rings. The maximum absolute atomic E-state index is 13.8. The average molecular weight is 570 g/mol. The molecule has 218 valence electrons. The van der Waals surface area contributed by atoms with Crippen LogP contribution in [0.25, 0.3) is 26.9 Å². The molecule has 6 rings (SSSR count). The predicted molar refractivity (Wildman–Crippen MR) is 160 cm³/mol. The van der Waals surface area contributed by atoms with E-state index in [-0.39, 0.29) is 13.1 Å². The second-order valence-electron chi connectivity index (χ2n) is 11.5. The fourth-order valence-electron chi connectivity index (χ4n) is 6.57. The summed E-state index contributed by atoms with van der Waals surface area (Å²) in [7, 11) is 2.11. The van der Waals surface area contributed by atoms with Crippen molar-refractivity contribution >= 4 is 22.6 Å². The van der Waals surface area contributed by atoms with Gasteiger partial charge in [-0.2, -0.15) is 9.97 Å². The standard InChI is InChI=1S/C32H36FN7O2/c1-21(33)31(41)40-14-13-39(19-25(40)17-34-2)30-27-11-10-22(28-18-35-16-23-7-4-5-9-26(23)28)15-29(27)36-32(37-30)42-20-24-8-6-12-38(24)3/h10-11,15-16,18,24-25H,1,4-9,12-14,17,19-20H2,3H3/t24-,25-/m0/s1. The molecule has 0 N–H and O–H groups in total. The molecule has 2 aromatic heterocycles. The minimum atomic E-state index is -1.01. The van der Waals surface area contributed by atoms with Gasteiger partial charge in [-0.05, 0) is 80.9 Å². The average Bonchev–Trinajstić information content (AvgIpc) is 3.43. The molecule has 2 saturated heterocycles. The smallest absolute Gasteiger partial charge is 0.319 e. The molecule has 1 amide bonds. The van der Waals surface area contributed by atoms with Crippen molar-refractivity contribution in [1.82, 2.24) is 24.8 Å². The molecule has 2 aliphatic heterocycles. The Kier molecular flexibility index (Phi) is 8.02. The number of piperazine rings is 1. The summed E-state index contributed by atoms with van der Waals surface area (Å²) >= 11 is 0. The number of fused-ring (bicyclic) bond motifs is 2. The molecule has 3 aliphatic rings. The van der Waals surface area contributed by atoms with Crippen molar-refractivity contribution in [3.05, 3.63) is 65.5 Å². The molecule has 0 spiro atoms. The zero-order valence-corrected chi connectivity index (χ0v) is 24.1. The minimum absolute atomic E-state index is 0.0617. The van der Waals surface area contributed by atoms with Gasteiger partial charge >= 0.3 is 6.01 Å². The van der Waals surface area contributed by atoms with Crippen LogP contribution in [0, 0.1) is 6.57 Å². The number of carbonyl (C=O) groups excluding carboxylic acids is 1. The van der Waals surface area contributed by atoms with E-state index < -0.39 is 17.8 Å². The summed E-state index contributed by atoms with van der Waals surface area (Å²) < 4.78 is 20.0. The van der Waals surface area contributed by atoms with Gasteiger partial charge < -0.3 is 24.3 Å². The molecule has 9 nitrogen and oxygen atoms in total. The number of pyridine rings is 1. The van der Waals surface area contributed by atoms with Crippen molar-refractivity contribution in [2.24, 2.45) is 0 Å². The number of ether oxygens (including phenoxy) is 1. The summed E-state index contributed by atoms with van der Waals surface area (Å²) in [5, 5.41) is 0.859. The van der Waals surface area contributed by atoms with Gasteiger partial charge in [0.05, 0.1) is 5.52 Å². The van der Waals surface area contributed by atoms with Gasteiger partial charge in [-0.15, -0.1) is 0 Å². The Balaban J connectivity index is 1.38. The minimum Gasteiger partial charge on any atom is -0.462 e. The lowest BCUT2D eigenvalue weighted by Crippen LogP contribution is -2.56. The third-order valence-electron chi connectivity index (χ3n) is 8.89. The number of benzene rings is 1. The normalized spacial score (nSPS) is 20.8. The van der Waals surface area contributed by atoms with Crippen LogP contribution in [0.5, 0.6) is 6.01 Å². The topological polar surface area (TPSA) is 79.1 Å². The highest BCUT2D eigenvalue weighted by atomic mass is 19.1. The first-order valence-corrected chi connectivity index (χ1v) is 14.8. The van der Waals surface area contributed by atoms with Gasteiger partial charge in [0.15, 0.2) is 5.83 Å². The van der Waals surface area contributed by atoms with Gasteiger partial charge in [-0.3, -0.25) is 9.78 Å². The lowest BCUT2D eigenvalue weighted by atomic mass is 9.87. The van der Waals surface area contributed by atoms with E-state index in [1.807, 2.05) is 18.5 Å². The third-order valence-corrected chi connectivity index (χ3v) is 8.89. The van der Waals surface area contributed by atoms with E-state index in [1.54, 1.807) is 0 Å². The van der Waals surface area contributed by atoms with E-state index in [2.05, 4.69) is 45.4 Å². The summed E-state index contributed by atoms with van der Waals surface area (Å²) in [5.41, 5.74) is 5.64. The summed E-state index contributed by atoms with van der Waals surface area (Å²) in [6.45, 7) is 13.3. The molecule has 0 bridgehead atoms. The maximum atomic E-state index is 13.8. The number of carbonyl (C=O) groups is 1. The second-order valence-corrected chi connectivity index (χ2v) is 11.5. The molecule has 0 radical (unpaired) electrons. The van der Waals surface area contributed by atoms with Gasteiger partial charge in [0.2, 0.25) is 6.54 Å². The van der Waals surface area contributed by atoms with Crippen molar-refractivity contribution < 1.29 is 13.9 Å². The number of aryl methyl sites for hydroxylation is 1. The summed E-state index contributed by atoms with van der Waals surface area (Å²) in [6, 6.07) is 6.36. The molecule has 2 fully saturated rings. The predicted octanol–water partition coefficient (Wildman–Crippen LogP) is 4.46. The lowest BCUT2D eigenvalue weighted by molar-refractivity contribution is -0.131. The number of halogens is 1. The molecule has 10 heteroatoms. The number of hydrogen-bond donors (Lipinski definition) is 0. The molecule has 0 saturated carbocycles. The summed E-state index contributed by atoms with van der Waals surface area (Å²) in [6.07, 6.45) is 10.6. The van der Waals surface area contributed by atoms with Gasteiger partial charge in [0, 0.05) is 49.0 Å². The highest BCUT2D eigenvalue weighted by molar-refractivity contribution is 5.94. The van der Waals surface area contributed by atoms with Crippen molar-refractivity contribution in [1.29, 1.82) is 0 Å². The third kappa shape index (κ3) is 5.53. The molecular weight excluding hydrogens is 533 g/mol. The van der Waals surface area contributed by atoms with Crippen LogP contribution in [0.4, 0.5) is 10.2 Å².